The molecule has 4 heteroatoms. The van der Waals surface area contributed by atoms with Crippen LogP contribution in [-0.4, -0.2) is 16.9 Å². The van der Waals surface area contributed by atoms with E-state index in [1.165, 1.54) is 24.3 Å². The summed E-state index contributed by atoms with van der Waals surface area (Å²) in [6, 6.07) is 11.1. The fraction of sp³-hybridized carbons (Fsp3) is 0. The van der Waals surface area contributed by atoms with Gasteiger partial charge in [0.05, 0.1) is 11.1 Å². The number of hydrogen-bond acceptors (Lipinski definition) is 3. The maximum Gasteiger partial charge on any atom is 0.335 e. The van der Waals surface area contributed by atoms with Crippen LogP contribution in [0.2, 0.25) is 0 Å². The molecule has 2 aliphatic rings. The number of aromatic carboxylic acids is 1. The summed E-state index contributed by atoms with van der Waals surface area (Å²) in [5.74, 6) is 0.138. The minimum absolute atomic E-state index is 0.158. The number of carbonyl (C=O) groups is 2. The quantitative estimate of drug-likeness (QED) is 0.715. The molecule has 2 aliphatic heterocycles. The molecule has 0 saturated heterocycles. The van der Waals surface area contributed by atoms with Gasteiger partial charge >= 0.3 is 5.97 Å². The van der Waals surface area contributed by atoms with Crippen LogP contribution >= 0.6 is 0 Å². The third kappa shape index (κ3) is 1.55. The monoisotopic (exact) mass is 240 g/mol. The molecule has 0 aliphatic carbocycles. The van der Waals surface area contributed by atoms with Crippen molar-refractivity contribution in [2.45, 2.75) is 0 Å². The number of carboxylic acids is 1. The summed E-state index contributed by atoms with van der Waals surface area (Å²) in [6.45, 7) is 0. The van der Waals surface area contributed by atoms with E-state index in [9.17, 15) is 9.59 Å². The number of rotatable bonds is 3. The van der Waals surface area contributed by atoms with Crippen LogP contribution in [0.3, 0.4) is 0 Å². The van der Waals surface area contributed by atoms with Crippen LogP contribution in [0.25, 0.3) is 0 Å². The lowest BCUT2D eigenvalue weighted by molar-refractivity contribution is 0.0696. The van der Waals surface area contributed by atoms with Crippen molar-refractivity contribution < 1.29 is 19.4 Å². The Morgan fingerprint density at radius 1 is 0.944 bits per heavy atom. The fourth-order valence-corrected chi connectivity index (χ4v) is 1.83. The van der Waals surface area contributed by atoms with Crippen molar-refractivity contribution in [3.05, 3.63) is 59.2 Å². The van der Waals surface area contributed by atoms with Gasteiger partial charge in [0.15, 0.2) is 5.78 Å². The number of benzene rings is 2. The van der Waals surface area contributed by atoms with Crippen molar-refractivity contribution in [2.75, 3.05) is 0 Å². The van der Waals surface area contributed by atoms with Crippen LogP contribution in [0.1, 0.15) is 26.3 Å². The average molecular weight is 240 g/mol. The summed E-state index contributed by atoms with van der Waals surface area (Å²) in [5.41, 5.74) is 1.10. The first-order chi connectivity index (χ1) is 8.65. The van der Waals surface area contributed by atoms with Gasteiger partial charge in [-0.1, -0.05) is 12.1 Å². The molecule has 18 heavy (non-hydrogen) atoms. The molecule has 4 rings (SSSR count). The molecule has 2 bridgehead atoms. The van der Waals surface area contributed by atoms with Crippen LogP contribution < -0.4 is 4.74 Å². The Labute approximate surface area is 102 Å². The first kappa shape index (κ1) is 10.5. The second kappa shape index (κ2) is 3.70. The zero-order valence-electron chi connectivity index (χ0n) is 9.21. The number of ketones is 1. The number of ether oxygens (including phenoxy) is 1. The standard InChI is InChI=1S/C14H8O4/c15-13(11-6-5-10-7-12(11)18-10)8-1-3-9(4-2-8)14(16)17/h1-7H,(H,16,17). The molecule has 88 valence electrons. The first-order valence-electron chi connectivity index (χ1n) is 5.35. The van der Waals surface area contributed by atoms with E-state index < -0.39 is 5.97 Å². The summed E-state index contributed by atoms with van der Waals surface area (Å²) in [5, 5.41) is 8.78. The number of hydrogen-bond donors (Lipinski definition) is 1. The van der Waals surface area contributed by atoms with Crippen LogP contribution in [0.4, 0.5) is 0 Å². The minimum Gasteiger partial charge on any atom is -0.478 e. The molecule has 2 aromatic rings. The van der Waals surface area contributed by atoms with Crippen molar-refractivity contribution >= 4 is 11.8 Å². The normalized spacial score (nSPS) is 11.3. The van der Waals surface area contributed by atoms with Crippen molar-refractivity contribution in [1.29, 1.82) is 0 Å². The van der Waals surface area contributed by atoms with E-state index in [2.05, 4.69) is 0 Å². The molecule has 0 saturated carbocycles. The van der Waals surface area contributed by atoms with Gasteiger partial charge in [-0.25, -0.2) is 4.79 Å². The van der Waals surface area contributed by atoms with E-state index in [-0.39, 0.29) is 11.3 Å². The van der Waals surface area contributed by atoms with E-state index in [1.54, 1.807) is 18.2 Å². The highest BCUT2D eigenvalue weighted by molar-refractivity contribution is 6.11. The molecular weight excluding hydrogens is 232 g/mol. The summed E-state index contributed by atoms with van der Waals surface area (Å²) in [6.07, 6.45) is 0. The molecule has 2 heterocycles. The second-order valence-electron chi connectivity index (χ2n) is 3.97. The van der Waals surface area contributed by atoms with E-state index in [0.29, 0.717) is 16.9 Å². The summed E-state index contributed by atoms with van der Waals surface area (Å²) < 4.78 is 5.23. The van der Waals surface area contributed by atoms with Gasteiger partial charge in [0, 0.05) is 11.6 Å². The molecule has 0 fully saturated rings. The van der Waals surface area contributed by atoms with Gasteiger partial charge in [-0.15, -0.1) is 0 Å². The Kier molecular flexibility index (Phi) is 2.16. The van der Waals surface area contributed by atoms with Crippen LogP contribution in [0.15, 0.2) is 42.5 Å². The van der Waals surface area contributed by atoms with Gasteiger partial charge in [0.1, 0.15) is 11.5 Å². The summed E-state index contributed by atoms with van der Waals surface area (Å²) in [7, 11) is 0. The van der Waals surface area contributed by atoms with Crippen LogP contribution in [0.5, 0.6) is 11.5 Å². The van der Waals surface area contributed by atoms with Crippen molar-refractivity contribution in [3.63, 3.8) is 0 Å². The molecule has 4 nitrogen and oxygen atoms in total. The zero-order valence-corrected chi connectivity index (χ0v) is 9.21. The summed E-state index contributed by atoms with van der Waals surface area (Å²) in [4.78, 5) is 22.9. The molecule has 0 spiro atoms. The topological polar surface area (TPSA) is 63.6 Å². The highest BCUT2D eigenvalue weighted by Crippen LogP contribution is 2.38. The van der Waals surface area contributed by atoms with Crippen molar-refractivity contribution in [1.82, 2.24) is 0 Å². The molecule has 0 radical (unpaired) electrons. The Bertz CT molecular complexity index is 652. The van der Waals surface area contributed by atoms with Crippen LogP contribution in [0, 0.1) is 0 Å². The third-order valence-electron chi connectivity index (χ3n) is 2.82. The highest BCUT2D eigenvalue weighted by Gasteiger charge is 2.21. The Balaban J connectivity index is 1.94. The SMILES string of the molecule is O=C(O)c1ccc(C(=O)c2ccc3cc2O3)cc1. The van der Waals surface area contributed by atoms with Gasteiger partial charge in [-0.3, -0.25) is 4.79 Å². The van der Waals surface area contributed by atoms with Gasteiger partial charge in [0.2, 0.25) is 0 Å². The Morgan fingerprint density at radius 3 is 2.06 bits per heavy atom. The van der Waals surface area contributed by atoms with Gasteiger partial charge < -0.3 is 9.84 Å². The molecule has 0 amide bonds. The predicted octanol–water partition coefficient (Wildman–Crippen LogP) is 2.72. The Hall–Kier alpha value is -2.62. The molecule has 1 N–H and O–H groups in total. The lowest BCUT2D eigenvalue weighted by Gasteiger charge is -2.19. The first-order valence-corrected chi connectivity index (χ1v) is 5.35. The largest absolute Gasteiger partial charge is 0.478 e. The zero-order chi connectivity index (χ0) is 12.7. The van der Waals surface area contributed by atoms with E-state index >= 15 is 0 Å². The number of fused-ring (bicyclic) bond motifs is 2. The number of carbonyl (C=O) groups excluding carboxylic acids is 1. The maximum absolute atomic E-state index is 12.2. The fourth-order valence-electron chi connectivity index (χ4n) is 1.83. The van der Waals surface area contributed by atoms with Gasteiger partial charge in [0.25, 0.3) is 0 Å². The van der Waals surface area contributed by atoms with Crippen molar-refractivity contribution in [2.24, 2.45) is 0 Å². The molecular formula is C14H8O4. The van der Waals surface area contributed by atoms with Gasteiger partial charge in [-0.05, 0) is 24.3 Å². The summed E-state index contributed by atoms with van der Waals surface area (Å²) >= 11 is 0. The third-order valence-corrected chi connectivity index (χ3v) is 2.82. The molecule has 2 aromatic carbocycles. The lowest BCUT2D eigenvalue weighted by Crippen LogP contribution is -2.08. The number of carboxylic acid groups (broad SMARTS) is 1. The average Bonchev–Trinajstić information content (AvgIpc) is 2.37. The molecule has 0 atom stereocenters. The Morgan fingerprint density at radius 2 is 1.56 bits per heavy atom. The molecule has 0 aromatic heterocycles. The van der Waals surface area contributed by atoms with E-state index in [1.807, 2.05) is 0 Å². The maximum atomic E-state index is 12.2. The lowest BCUT2D eigenvalue weighted by atomic mass is 9.99. The predicted molar refractivity (Wildman–Crippen MR) is 63.3 cm³/mol. The van der Waals surface area contributed by atoms with Crippen LogP contribution in [-0.2, 0) is 0 Å². The smallest absolute Gasteiger partial charge is 0.335 e. The highest BCUT2D eigenvalue weighted by atomic mass is 16.5. The second-order valence-corrected chi connectivity index (χ2v) is 3.97. The van der Waals surface area contributed by atoms with E-state index in [0.717, 1.165) is 5.75 Å². The minimum atomic E-state index is -1.01. The van der Waals surface area contributed by atoms with E-state index in [4.69, 9.17) is 9.84 Å². The van der Waals surface area contributed by atoms with Gasteiger partial charge in [-0.2, -0.15) is 0 Å². The van der Waals surface area contributed by atoms with Crippen molar-refractivity contribution in [3.8, 4) is 11.5 Å². The molecule has 0 unspecified atom stereocenters.